The lowest BCUT2D eigenvalue weighted by molar-refractivity contribution is 0.0938. The van der Waals surface area contributed by atoms with E-state index in [1.54, 1.807) is 17.8 Å². The number of halogens is 2. The Kier molecular flexibility index (Phi) is 5.79. The second-order valence-corrected chi connectivity index (χ2v) is 9.75. The first kappa shape index (κ1) is 20.6. The van der Waals surface area contributed by atoms with Crippen LogP contribution in [-0.2, 0) is 0 Å². The summed E-state index contributed by atoms with van der Waals surface area (Å²) in [5, 5.41) is 4.29. The molecule has 2 aliphatic rings. The molecule has 1 amide bonds. The summed E-state index contributed by atoms with van der Waals surface area (Å²) in [5.74, 6) is -0.0391. The predicted molar refractivity (Wildman–Crippen MR) is 128 cm³/mol. The average Bonchev–Trinajstić information content (AvgIpc) is 3.21. The zero-order chi connectivity index (χ0) is 21.4. The molecular weight excluding hydrogens is 447 g/mol. The van der Waals surface area contributed by atoms with Gasteiger partial charge in [0, 0.05) is 37.5 Å². The fraction of sp³-hybridized carbons (Fsp3) is 0.200. The van der Waals surface area contributed by atoms with Crippen LogP contribution >= 0.6 is 35.0 Å². The molecular formula is C25H20Cl2N2OS. The Bertz CT molecular complexity index is 1200. The summed E-state index contributed by atoms with van der Waals surface area (Å²) in [6.45, 7) is 0. The minimum atomic E-state index is -0.0391. The molecule has 1 heterocycles. The molecule has 1 aliphatic carbocycles. The number of fused-ring (bicyclic) bond motifs is 2. The lowest BCUT2D eigenvalue weighted by atomic mass is 10.0. The van der Waals surface area contributed by atoms with Crippen molar-refractivity contribution in [2.75, 3.05) is 0 Å². The van der Waals surface area contributed by atoms with Crippen LogP contribution in [0.1, 0.15) is 47.2 Å². The molecule has 0 unspecified atom stereocenters. The van der Waals surface area contributed by atoms with Crippen molar-refractivity contribution in [3.05, 3.63) is 87.4 Å². The lowest BCUT2D eigenvalue weighted by Gasteiger charge is -2.13. The van der Waals surface area contributed by atoms with Gasteiger partial charge in [0.25, 0.3) is 5.91 Å². The van der Waals surface area contributed by atoms with Gasteiger partial charge in [-0.3, -0.25) is 4.79 Å². The highest BCUT2D eigenvalue weighted by atomic mass is 35.5. The van der Waals surface area contributed by atoms with Gasteiger partial charge in [0.05, 0.1) is 16.4 Å². The molecule has 3 aromatic carbocycles. The molecule has 0 saturated heterocycles. The van der Waals surface area contributed by atoms with E-state index < -0.39 is 0 Å². The summed E-state index contributed by atoms with van der Waals surface area (Å²) in [6, 6.07) is 19.6. The van der Waals surface area contributed by atoms with Crippen molar-refractivity contribution < 1.29 is 4.79 Å². The number of nitrogens with zero attached hydrogens (tertiary/aromatic N) is 1. The Morgan fingerprint density at radius 2 is 1.74 bits per heavy atom. The van der Waals surface area contributed by atoms with Crippen LogP contribution in [0.2, 0.25) is 10.0 Å². The first-order valence-electron chi connectivity index (χ1n) is 10.3. The van der Waals surface area contributed by atoms with Crippen molar-refractivity contribution in [3.8, 4) is 0 Å². The van der Waals surface area contributed by atoms with E-state index in [9.17, 15) is 4.79 Å². The van der Waals surface area contributed by atoms with Gasteiger partial charge in [-0.15, -0.1) is 0 Å². The van der Waals surface area contributed by atoms with E-state index in [-0.39, 0.29) is 11.9 Å². The van der Waals surface area contributed by atoms with Gasteiger partial charge in [-0.05, 0) is 55.3 Å². The number of nitrogens with one attached hydrogen (secondary N) is 1. The van der Waals surface area contributed by atoms with Crippen LogP contribution in [0.3, 0.4) is 0 Å². The first-order chi connectivity index (χ1) is 15.1. The van der Waals surface area contributed by atoms with Crippen LogP contribution < -0.4 is 5.32 Å². The van der Waals surface area contributed by atoms with Crippen LogP contribution in [0.5, 0.6) is 0 Å². The normalized spacial score (nSPS) is 15.6. The van der Waals surface area contributed by atoms with Gasteiger partial charge >= 0.3 is 0 Å². The largest absolute Gasteiger partial charge is 0.349 e. The fourth-order valence-electron chi connectivity index (χ4n) is 4.11. The first-order valence-corrected chi connectivity index (χ1v) is 11.9. The maximum absolute atomic E-state index is 12.8. The molecule has 3 aromatic rings. The van der Waals surface area contributed by atoms with Crippen molar-refractivity contribution in [3.63, 3.8) is 0 Å². The zero-order valence-corrected chi connectivity index (χ0v) is 19.0. The van der Waals surface area contributed by atoms with Crippen molar-refractivity contribution >= 4 is 52.3 Å². The van der Waals surface area contributed by atoms with E-state index in [4.69, 9.17) is 28.2 Å². The van der Waals surface area contributed by atoms with E-state index in [1.165, 1.54) is 12.8 Å². The van der Waals surface area contributed by atoms with Gasteiger partial charge in [0.15, 0.2) is 0 Å². The third-order valence-corrected chi connectivity index (χ3v) is 7.38. The molecule has 0 atom stereocenters. The third-order valence-electron chi connectivity index (χ3n) is 5.69. The van der Waals surface area contributed by atoms with Gasteiger partial charge in [0.2, 0.25) is 0 Å². The van der Waals surface area contributed by atoms with E-state index in [0.29, 0.717) is 15.6 Å². The molecule has 1 N–H and O–H groups in total. The fourth-order valence-corrected chi connectivity index (χ4v) is 5.61. The molecule has 0 aromatic heterocycles. The summed E-state index contributed by atoms with van der Waals surface area (Å²) in [5.41, 5.74) is 3.98. The van der Waals surface area contributed by atoms with Gasteiger partial charge in [-0.25, -0.2) is 4.99 Å². The second kappa shape index (κ2) is 8.70. The highest BCUT2D eigenvalue weighted by molar-refractivity contribution is 7.99. The number of rotatable bonds is 3. The number of benzene rings is 3. The molecule has 0 spiro atoms. The molecule has 3 nitrogen and oxygen atoms in total. The topological polar surface area (TPSA) is 41.5 Å². The summed E-state index contributed by atoms with van der Waals surface area (Å²) in [4.78, 5) is 19.9. The van der Waals surface area contributed by atoms with Gasteiger partial charge in [-0.2, -0.15) is 0 Å². The summed E-state index contributed by atoms with van der Waals surface area (Å²) in [6.07, 6.45) is 4.47. The Hall–Kier alpha value is -2.27. The summed E-state index contributed by atoms with van der Waals surface area (Å²) < 4.78 is 0. The van der Waals surface area contributed by atoms with Gasteiger partial charge < -0.3 is 5.32 Å². The number of amides is 1. The molecule has 1 fully saturated rings. The molecule has 1 saturated carbocycles. The minimum Gasteiger partial charge on any atom is -0.349 e. The average molecular weight is 467 g/mol. The van der Waals surface area contributed by atoms with Crippen LogP contribution in [0.25, 0.3) is 0 Å². The summed E-state index contributed by atoms with van der Waals surface area (Å²) >= 11 is 14.3. The minimum absolute atomic E-state index is 0.0391. The van der Waals surface area contributed by atoms with Crippen LogP contribution in [-0.4, -0.2) is 17.7 Å². The van der Waals surface area contributed by atoms with Gasteiger partial charge in [0.1, 0.15) is 0 Å². The SMILES string of the molecule is O=C(NC1CCCC1)c1ccc2c(c1)N=C(c1ccc(Cl)cc1Cl)c1ccccc1S2. The van der Waals surface area contributed by atoms with E-state index in [2.05, 4.69) is 11.4 Å². The van der Waals surface area contributed by atoms with Crippen molar-refractivity contribution in [1.29, 1.82) is 0 Å². The third kappa shape index (κ3) is 4.25. The smallest absolute Gasteiger partial charge is 0.251 e. The molecule has 1 aliphatic heterocycles. The van der Waals surface area contributed by atoms with Crippen molar-refractivity contribution in [2.24, 2.45) is 4.99 Å². The zero-order valence-electron chi connectivity index (χ0n) is 16.7. The quantitative estimate of drug-likeness (QED) is 0.344. The predicted octanol–water partition coefficient (Wildman–Crippen LogP) is 7.30. The van der Waals surface area contributed by atoms with Crippen molar-refractivity contribution in [1.82, 2.24) is 5.32 Å². The van der Waals surface area contributed by atoms with Crippen LogP contribution in [0.15, 0.2) is 75.4 Å². The second-order valence-electron chi connectivity index (χ2n) is 7.82. The maximum atomic E-state index is 12.8. The maximum Gasteiger partial charge on any atom is 0.251 e. The Morgan fingerprint density at radius 3 is 2.55 bits per heavy atom. The monoisotopic (exact) mass is 466 g/mol. The molecule has 156 valence electrons. The van der Waals surface area contributed by atoms with Crippen molar-refractivity contribution in [2.45, 2.75) is 41.5 Å². The summed E-state index contributed by atoms with van der Waals surface area (Å²) in [7, 11) is 0. The highest BCUT2D eigenvalue weighted by Gasteiger charge is 2.22. The number of carbonyl (C=O) groups excluding carboxylic acids is 1. The lowest BCUT2D eigenvalue weighted by Crippen LogP contribution is -2.32. The molecule has 6 heteroatoms. The Balaban J connectivity index is 1.60. The van der Waals surface area contributed by atoms with E-state index in [0.717, 1.165) is 45.2 Å². The number of aliphatic imine (C=N–C) groups is 1. The van der Waals surface area contributed by atoms with Crippen LogP contribution in [0, 0.1) is 0 Å². The Morgan fingerprint density at radius 1 is 0.935 bits per heavy atom. The molecule has 0 radical (unpaired) electrons. The number of carbonyl (C=O) groups is 1. The molecule has 5 rings (SSSR count). The van der Waals surface area contributed by atoms with E-state index in [1.807, 2.05) is 48.5 Å². The van der Waals surface area contributed by atoms with Crippen LogP contribution in [0.4, 0.5) is 5.69 Å². The molecule has 31 heavy (non-hydrogen) atoms. The standard InChI is InChI=1S/C25H20Cl2N2OS/c26-16-10-11-18(20(27)14-16)24-19-7-3-4-8-22(19)31-23-12-9-15(13-21(23)29-24)25(30)28-17-5-1-2-6-17/h3-4,7-14,17H,1-2,5-6H2,(H,28,30). The van der Waals surface area contributed by atoms with E-state index >= 15 is 0 Å². The number of hydrogen-bond acceptors (Lipinski definition) is 3. The van der Waals surface area contributed by atoms with Gasteiger partial charge in [-0.1, -0.05) is 66.0 Å². The highest BCUT2D eigenvalue weighted by Crippen LogP contribution is 2.42. The Labute approximate surface area is 195 Å². The number of hydrogen-bond donors (Lipinski definition) is 1. The molecule has 0 bridgehead atoms.